The van der Waals surface area contributed by atoms with E-state index in [1.54, 1.807) is 6.07 Å². The van der Waals surface area contributed by atoms with Gasteiger partial charge in [0.2, 0.25) is 5.91 Å². The summed E-state index contributed by atoms with van der Waals surface area (Å²) >= 11 is 1.37. The van der Waals surface area contributed by atoms with Crippen molar-refractivity contribution in [2.75, 3.05) is 24.5 Å². The fourth-order valence-corrected chi connectivity index (χ4v) is 3.48. The Hall–Kier alpha value is -2.34. The zero-order chi connectivity index (χ0) is 19.6. The third-order valence-electron chi connectivity index (χ3n) is 4.39. The van der Waals surface area contributed by atoms with Gasteiger partial charge in [-0.15, -0.1) is 11.3 Å². The van der Waals surface area contributed by atoms with E-state index in [2.05, 4.69) is 34.6 Å². The van der Waals surface area contributed by atoms with Crippen molar-refractivity contribution in [1.82, 2.24) is 10.6 Å². The number of rotatable bonds is 10. The van der Waals surface area contributed by atoms with Crippen molar-refractivity contribution < 1.29 is 9.59 Å². The molecule has 0 spiro atoms. The molecule has 0 aliphatic carbocycles. The molecule has 1 atom stereocenters. The topological polar surface area (TPSA) is 61.4 Å². The highest BCUT2D eigenvalue weighted by atomic mass is 32.1. The van der Waals surface area contributed by atoms with Crippen LogP contribution in [-0.2, 0) is 4.79 Å². The third-order valence-corrected chi connectivity index (χ3v) is 5.26. The Morgan fingerprint density at radius 3 is 2.44 bits per heavy atom. The first-order valence-corrected chi connectivity index (χ1v) is 10.3. The second kappa shape index (κ2) is 10.7. The van der Waals surface area contributed by atoms with Crippen molar-refractivity contribution in [3.05, 3.63) is 52.7 Å². The normalized spacial score (nSPS) is 11.9. The summed E-state index contributed by atoms with van der Waals surface area (Å²) in [5.74, 6) is -0.303. The fourth-order valence-electron chi connectivity index (χ4n) is 2.86. The smallest absolute Gasteiger partial charge is 0.262 e. The van der Waals surface area contributed by atoms with Gasteiger partial charge in [0, 0.05) is 25.3 Å². The zero-order valence-corrected chi connectivity index (χ0v) is 17.1. The zero-order valence-electron chi connectivity index (χ0n) is 16.3. The molecular formula is C21H29N3O2S. The van der Waals surface area contributed by atoms with E-state index < -0.39 is 6.04 Å². The molecule has 2 amide bonds. The van der Waals surface area contributed by atoms with E-state index in [1.165, 1.54) is 17.0 Å². The summed E-state index contributed by atoms with van der Waals surface area (Å²) in [5.41, 5.74) is 1.19. The molecule has 1 aromatic heterocycles. The van der Waals surface area contributed by atoms with Crippen LogP contribution in [0.2, 0.25) is 0 Å². The predicted octanol–water partition coefficient (Wildman–Crippen LogP) is 3.54. The minimum atomic E-state index is -0.531. The number of carbonyl (C=O) groups is 2. The summed E-state index contributed by atoms with van der Waals surface area (Å²) in [6.45, 7) is 8.37. The Morgan fingerprint density at radius 1 is 1.11 bits per heavy atom. The molecule has 0 aliphatic rings. The van der Waals surface area contributed by atoms with Crippen LogP contribution in [0.5, 0.6) is 0 Å². The summed E-state index contributed by atoms with van der Waals surface area (Å²) in [7, 11) is 0. The van der Waals surface area contributed by atoms with Crippen LogP contribution in [0.15, 0.2) is 47.8 Å². The van der Waals surface area contributed by atoms with E-state index in [0.717, 1.165) is 19.5 Å². The Labute approximate surface area is 165 Å². The summed E-state index contributed by atoms with van der Waals surface area (Å²) in [5, 5.41) is 7.68. The Morgan fingerprint density at radius 2 is 1.85 bits per heavy atom. The molecule has 5 nitrogen and oxygen atoms in total. The molecule has 0 bridgehead atoms. The van der Waals surface area contributed by atoms with Gasteiger partial charge in [0.05, 0.1) is 4.88 Å². The maximum absolute atomic E-state index is 12.5. The van der Waals surface area contributed by atoms with E-state index >= 15 is 0 Å². The number of anilines is 1. The molecule has 0 saturated heterocycles. The standard InChI is InChI=1S/C21H29N3O2S/c1-4-24(17-10-6-5-7-11-17)14-9-13-22-21(26)19(16(2)3)23-20(25)18-12-8-15-27-18/h5-8,10-12,15-16,19H,4,9,13-14H2,1-3H3,(H,22,26)(H,23,25). The molecule has 6 heteroatoms. The van der Waals surface area contributed by atoms with E-state index in [1.807, 2.05) is 43.5 Å². The van der Waals surface area contributed by atoms with Gasteiger partial charge in [0.25, 0.3) is 5.91 Å². The van der Waals surface area contributed by atoms with E-state index in [4.69, 9.17) is 0 Å². The van der Waals surface area contributed by atoms with Crippen molar-refractivity contribution in [1.29, 1.82) is 0 Å². The molecule has 0 radical (unpaired) electrons. The minimum Gasteiger partial charge on any atom is -0.372 e. The molecule has 0 aliphatic heterocycles. The van der Waals surface area contributed by atoms with Gasteiger partial charge in [-0.1, -0.05) is 38.1 Å². The van der Waals surface area contributed by atoms with Crippen LogP contribution in [0.1, 0.15) is 36.9 Å². The van der Waals surface area contributed by atoms with Crippen molar-refractivity contribution in [3.8, 4) is 0 Å². The predicted molar refractivity (Wildman–Crippen MR) is 112 cm³/mol. The van der Waals surface area contributed by atoms with Crippen molar-refractivity contribution in [3.63, 3.8) is 0 Å². The second-order valence-electron chi connectivity index (χ2n) is 6.73. The molecular weight excluding hydrogens is 358 g/mol. The number of nitrogens with zero attached hydrogens (tertiary/aromatic N) is 1. The van der Waals surface area contributed by atoms with Crippen LogP contribution < -0.4 is 15.5 Å². The Bertz CT molecular complexity index is 701. The summed E-state index contributed by atoms with van der Waals surface area (Å²) < 4.78 is 0. The lowest BCUT2D eigenvalue weighted by Gasteiger charge is -2.24. The van der Waals surface area contributed by atoms with Gasteiger partial charge in [-0.05, 0) is 42.8 Å². The second-order valence-corrected chi connectivity index (χ2v) is 7.68. The maximum atomic E-state index is 12.5. The monoisotopic (exact) mass is 387 g/mol. The van der Waals surface area contributed by atoms with E-state index in [9.17, 15) is 9.59 Å². The molecule has 1 heterocycles. The molecule has 27 heavy (non-hydrogen) atoms. The third kappa shape index (κ3) is 6.40. The van der Waals surface area contributed by atoms with Gasteiger partial charge in [0.15, 0.2) is 0 Å². The summed E-state index contributed by atoms with van der Waals surface area (Å²) in [6, 6.07) is 13.3. The van der Waals surface area contributed by atoms with Crippen LogP contribution in [-0.4, -0.2) is 37.5 Å². The van der Waals surface area contributed by atoms with Crippen LogP contribution in [0, 0.1) is 5.92 Å². The summed E-state index contributed by atoms with van der Waals surface area (Å²) in [6.07, 6.45) is 0.845. The first-order chi connectivity index (χ1) is 13.0. The highest BCUT2D eigenvalue weighted by molar-refractivity contribution is 7.12. The average molecular weight is 388 g/mol. The van der Waals surface area contributed by atoms with Crippen LogP contribution in [0.3, 0.4) is 0 Å². The molecule has 0 saturated carbocycles. The Kier molecular flexibility index (Phi) is 8.33. The van der Waals surface area contributed by atoms with E-state index in [0.29, 0.717) is 11.4 Å². The van der Waals surface area contributed by atoms with Gasteiger partial charge in [0.1, 0.15) is 6.04 Å². The number of para-hydroxylation sites is 1. The highest BCUT2D eigenvalue weighted by Gasteiger charge is 2.24. The number of hydrogen-bond acceptors (Lipinski definition) is 4. The number of thiophene rings is 1. The van der Waals surface area contributed by atoms with Gasteiger partial charge in [-0.3, -0.25) is 9.59 Å². The van der Waals surface area contributed by atoms with Crippen molar-refractivity contribution in [2.24, 2.45) is 5.92 Å². The number of carbonyl (C=O) groups excluding carboxylic acids is 2. The van der Waals surface area contributed by atoms with Gasteiger partial charge in [-0.25, -0.2) is 0 Å². The maximum Gasteiger partial charge on any atom is 0.262 e. The largest absolute Gasteiger partial charge is 0.372 e. The van der Waals surface area contributed by atoms with Gasteiger partial charge in [-0.2, -0.15) is 0 Å². The molecule has 146 valence electrons. The summed E-state index contributed by atoms with van der Waals surface area (Å²) in [4.78, 5) is 27.7. The van der Waals surface area contributed by atoms with Crippen LogP contribution in [0.4, 0.5) is 5.69 Å². The van der Waals surface area contributed by atoms with Crippen molar-refractivity contribution >= 4 is 28.8 Å². The highest BCUT2D eigenvalue weighted by Crippen LogP contribution is 2.13. The lowest BCUT2D eigenvalue weighted by molar-refractivity contribution is -0.123. The first-order valence-electron chi connectivity index (χ1n) is 9.45. The number of amides is 2. The quantitative estimate of drug-likeness (QED) is 0.613. The molecule has 0 fully saturated rings. The van der Waals surface area contributed by atoms with E-state index in [-0.39, 0.29) is 17.7 Å². The van der Waals surface area contributed by atoms with Crippen molar-refractivity contribution in [2.45, 2.75) is 33.2 Å². The molecule has 1 aromatic carbocycles. The van der Waals surface area contributed by atoms with Crippen LogP contribution in [0.25, 0.3) is 0 Å². The number of nitrogens with one attached hydrogen (secondary N) is 2. The molecule has 2 aromatic rings. The number of hydrogen-bond donors (Lipinski definition) is 2. The molecule has 2 rings (SSSR count). The lowest BCUT2D eigenvalue weighted by atomic mass is 10.0. The molecule has 2 N–H and O–H groups in total. The minimum absolute atomic E-state index is 0.0189. The average Bonchev–Trinajstić information content (AvgIpc) is 3.21. The molecule has 1 unspecified atom stereocenters. The number of benzene rings is 1. The van der Waals surface area contributed by atoms with Gasteiger partial charge < -0.3 is 15.5 Å². The fraction of sp³-hybridized carbons (Fsp3) is 0.429. The first kappa shape index (κ1) is 21.0. The van der Waals surface area contributed by atoms with Crippen LogP contribution >= 0.6 is 11.3 Å². The van der Waals surface area contributed by atoms with Gasteiger partial charge >= 0.3 is 0 Å². The lowest BCUT2D eigenvalue weighted by Crippen LogP contribution is -2.50. The Balaban J connectivity index is 1.80. The SMILES string of the molecule is CCN(CCCNC(=O)C(NC(=O)c1cccs1)C(C)C)c1ccccc1.